The molecule has 1 aliphatic heterocycles. The number of ether oxygens (including phenoxy) is 1. The van der Waals surface area contributed by atoms with Crippen LogP contribution in [0.15, 0.2) is 24.3 Å². The Kier molecular flexibility index (Phi) is 6.52. The summed E-state index contributed by atoms with van der Waals surface area (Å²) < 4.78 is 5.17. The number of fused-ring (bicyclic) bond motifs is 1. The zero-order valence-electron chi connectivity index (χ0n) is 17.3. The first-order valence-electron chi connectivity index (χ1n) is 10.6. The standard InChI is InChI=1S/C22H28N4O3S/c1-29-17-9-6-15(7-10-17)8-11-20(27)26-13-12-18-19(14-26)30-22(24-18)25-21(28)23-16-4-2-3-5-16/h6-7,9-10,16H,2-5,8,11-14H2,1H3,(H2,23,24,25,28). The molecular formula is C22H28N4O3S. The fraction of sp³-hybridized carbons (Fsp3) is 0.500. The predicted molar refractivity (Wildman–Crippen MR) is 117 cm³/mol. The lowest BCUT2D eigenvalue weighted by molar-refractivity contribution is -0.132. The minimum Gasteiger partial charge on any atom is -0.497 e. The van der Waals surface area contributed by atoms with Crippen LogP contribution in [-0.4, -0.2) is 41.5 Å². The Bertz CT molecular complexity index is 890. The van der Waals surface area contributed by atoms with Gasteiger partial charge in [-0.3, -0.25) is 10.1 Å². The van der Waals surface area contributed by atoms with E-state index < -0.39 is 0 Å². The first-order chi connectivity index (χ1) is 14.6. The molecule has 8 heteroatoms. The van der Waals surface area contributed by atoms with E-state index >= 15 is 0 Å². The van der Waals surface area contributed by atoms with E-state index in [4.69, 9.17) is 4.74 Å². The fourth-order valence-electron chi connectivity index (χ4n) is 4.05. The van der Waals surface area contributed by atoms with Gasteiger partial charge in [-0.2, -0.15) is 0 Å². The van der Waals surface area contributed by atoms with E-state index in [0.29, 0.717) is 31.1 Å². The first kappa shape index (κ1) is 20.7. The molecule has 7 nitrogen and oxygen atoms in total. The SMILES string of the molecule is COc1ccc(CCC(=O)N2CCc3nc(NC(=O)NC4CCCC4)sc3C2)cc1. The molecule has 0 bridgehead atoms. The van der Waals surface area contributed by atoms with Crippen molar-refractivity contribution in [1.29, 1.82) is 0 Å². The van der Waals surface area contributed by atoms with E-state index in [0.717, 1.165) is 41.1 Å². The van der Waals surface area contributed by atoms with Crippen LogP contribution in [0, 0.1) is 0 Å². The molecule has 2 aliphatic rings. The van der Waals surface area contributed by atoms with Crippen LogP contribution < -0.4 is 15.4 Å². The lowest BCUT2D eigenvalue weighted by Crippen LogP contribution is -2.36. The molecule has 1 aromatic carbocycles. The van der Waals surface area contributed by atoms with E-state index in [-0.39, 0.29) is 18.0 Å². The van der Waals surface area contributed by atoms with Crippen LogP contribution in [-0.2, 0) is 24.2 Å². The maximum Gasteiger partial charge on any atom is 0.321 e. The van der Waals surface area contributed by atoms with Crippen LogP contribution in [0.2, 0.25) is 0 Å². The van der Waals surface area contributed by atoms with Crippen molar-refractivity contribution < 1.29 is 14.3 Å². The molecule has 2 heterocycles. The van der Waals surface area contributed by atoms with Crippen molar-refractivity contribution in [2.75, 3.05) is 19.0 Å². The number of hydrogen-bond donors (Lipinski definition) is 2. The van der Waals surface area contributed by atoms with Crippen LogP contribution in [0.4, 0.5) is 9.93 Å². The normalized spacial score (nSPS) is 16.2. The molecule has 30 heavy (non-hydrogen) atoms. The van der Waals surface area contributed by atoms with Crippen LogP contribution in [0.1, 0.15) is 48.2 Å². The van der Waals surface area contributed by atoms with E-state index in [1.807, 2.05) is 29.2 Å². The van der Waals surface area contributed by atoms with E-state index in [1.54, 1.807) is 7.11 Å². The van der Waals surface area contributed by atoms with Gasteiger partial charge in [0, 0.05) is 30.3 Å². The molecule has 2 N–H and O–H groups in total. The Hall–Kier alpha value is -2.61. The van der Waals surface area contributed by atoms with Crippen LogP contribution in [0.3, 0.4) is 0 Å². The number of nitrogens with zero attached hydrogens (tertiary/aromatic N) is 2. The lowest BCUT2D eigenvalue weighted by Gasteiger charge is -2.26. The number of aryl methyl sites for hydroxylation is 1. The number of benzene rings is 1. The van der Waals surface area contributed by atoms with Gasteiger partial charge in [0.2, 0.25) is 5.91 Å². The third kappa shape index (κ3) is 5.11. The number of aromatic nitrogens is 1. The molecule has 0 spiro atoms. The van der Waals surface area contributed by atoms with Crippen molar-refractivity contribution in [2.24, 2.45) is 0 Å². The third-order valence-corrected chi connectivity index (χ3v) is 6.78. The average molecular weight is 429 g/mol. The number of amides is 3. The molecule has 1 saturated carbocycles. The maximum absolute atomic E-state index is 12.7. The van der Waals surface area contributed by atoms with Gasteiger partial charge in [-0.05, 0) is 37.0 Å². The van der Waals surface area contributed by atoms with Crippen molar-refractivity contribution in [2.45, 2.75) is 57.5 Å². The molecule has 160 valence electrons. The van der Waals surface area contributed by atoms with Gasteiger partial charge in [-0.1, -0.05) is 36.3 Å². The minimum absolute atomic E-state index is 0.151. The van der Waals surface area contributed by atoms with Crippen molar-refractivity contribution >= 4 is 28.4 Å². The maximum atomic E-state index is 12.7. The number of thiazole rings is 1. The van der Waals surface area contributed by atoms with Crippen LogP contribution >= 0.6 is 11.3 Å². The zero-order valence-corrected chi connectivity index (χ0v) is 18.1. The average Bonchev–Trinajstić information content (AvgIpc) is 3.40. The second-order valence-electron chi connectivity index (χ2n) is 7.88. The Morgan fingerprint density at radius 3 is 2.73 bits per heavy atom. The summed E-state index contributed by atoms with van der Waals surface area (Å²) in [6.07, 6.45) is 6.38. The number of nitrogens with one attached hydrogen (secondary N) is 2. The second-order valence-corrected chi connectivity index (χ2v) is 8.97. The number of rotatable bonds is 6. The van der Waals surface area contributed by atoms with E-state index in [9.17, 15) is 9.59 Å². The van der Waals surface area contributed by atoms with Crippen molar-refractivity contribution in [3.63, 3.8) is 0 Å². The van der Waals surface area contributed by atoms with Crippen molar-refractivity contribution in [1.82, 2.24) is 15.2 Å². The second kappa shape index (κ2) is 9.47. The quantitative estimate of drug-likeness (QED) is 0.734. The van der Waals surface area contributed by atoms with Gasteiger partial charge >= 0.3 is 6.03 Å². The molecule has 0 saturated heterocycles. The highest BCUT2D eigenvalue weighted by Crippen LogP contribution is 2.29. The number of hydrogen-bond acceptors (Lipinski definition) is 5. The van der Waals surface area contributed by atoms with E-state index in [1.165, 1.54) is 24.2 Å². The molecule has 0 unspecified atom stereocenters. The number of carbonyl (C=O) groups is 2. The van der Waals surface area contributed by atoms with Gasteiger partial charge in [0.25, 0.3) is 0 Å². The summed E-state index contributed by atoms with van der Waals surface area (Å²) >= 11 is 1.47. The number of carbonyl (C=O) groups excluding carboxylic acids is 2. The first-order valence-corrected chi connectivity index (χ1v) is 11.4. The number of anilines is 1. The third-order valence-electron chi connectivity index (χ3n) is 5.78. The Balaban J connectivity index is 1.28. The van der Waals surface area contributed by atoms with Crippen molar-refractivity contribution in [3.05, 3.63) is 40.4 Å². The lowest BCUT2D eigenvalue weighted by atomic mass is 10.1. The molecular weight excluding hydrogens is 400 g/mol. The molecule has 3 amide bonds. The predicted octanol–water partition coefficient (Wildman–Crippen LogP) is 3.73. The zero-order chi connectivity index (χ0) is 20.9. The Labute approximate surface area is 180 Å². The van der Waals surface area contributed by atoms with E-state index in [2.05, 4.69) is 15.6 Å². The van der Waals surface area contributed by atoms with Crippen molar-refractivity contribution in [3.8, 4) is 5.75 Å². The summed E-state index contributed by atoms with van der Waals surface area (Å²) in [5.74, 6) is 0.971. The Morgan fingerprint density at radius 1 is 1.23 bits per heavy atom. The minimum atomic E-state index is -0.180. The van der Waals surface area contributed by atoms with Gasteiger partial charge in [0.05, 0.1) is 19.3 Å². The van der Waals surface area contributed by atoms with Gasteiger partial charge in [-0.25, -0.2) is 9.78 Å². The highest BCUT2D eigenvalue weighted by atomic mass is 32.1. The summed E-state index contributed by atoms with van der Waals surface area (Å²) in [5.41, 5.74) is 2.12. The molecule has 0 radical (unpaired) electrons. The number of urea groups is 1. The highest BCUT2D eigenvalue weighted by molar-refractivity contribution is 7.15. The van der Waals surface area contributed by atoms with Gasteiger partial charge < -0.3 is 15.0 Å². The molecule has 2 aromatic rings. The molecule has 0 atom stereocenters. The summed E-state index contributed by atoms with van der Waals surface area (Å²) in [5, 5.41) is 6.50. The van der Waals surface area contributed by atoms with Gasteiger partial charge in [0.15, 0.2) is 5.13 Å². The summed E-state index contributed by atoms with van der Waals surface area (Å²) in [4.78, 5) is 32.4. The fourth-order valence-corrected chi connectivity index (χ4v) is 5.07. The number of methoxy groups -OCH3 is 1. The monoisotopic (exact) mass is 428 g/mol. The topological polar surface area (TPSA) is 83.6 Å². The summed E-state index contributed by atoms with van der Waals surface area (Å²) in [6, 6.07) is 7.93. The summed E-state index contributed by atoms with van der Waals surface area (Å²) in [6.45, 7) is 1.24. The Morgan fingerprint density at radius 2 is 2.00 bits per heavy atom. The summed E-state index contributed by atoms with van der Waals surface area (Å²) in [7, 11) is 1.64. The largest absolute Gasteiger partial charge is 0.497 e. The smallest absolute Gasteiger partial charge is 0.321 e. The molecule has 1 aromatic heterocycles. The highest BCUT2D eigenvalue weighted by Gasteiger charge is 2.25. The molecule has 1 aliphatic carbocycles. The molecule has 4 rings (SSSR count). The molecule has 1 fully saturated rings. The van der Waals surface area contributed by atoms with Crippen LogP contribution in [0.25, 0.3) is 0 Å². The van der Waals surface area contributed by atoms with Gasteiger partial charge in [-0.15, -0.1) is 0 Å². The van der Waals surface area contributed by atoms with Gasteiger partial charge in [0.1, 0.15) is 5.75 Å². The van der Waals surface area contributed by atoms with Crippen LogP contribution in [0.5, 0.6) is 5.75 Å².